The Kier molecular flexibility index (Phi) is 5.84. The Morgan fingerprint density at radius 1 is 1.18 bits per heavy atom. The van der Waals surface area contributed by atoms with Crippen molar-refractivity contribution in [3.8, 4) is 0 Å². The van der Waals surface area contributed by atoms with Crippen molar-refractivity contribution in [1.82, 2.24) is 5.32 Å². The Morgan fingerprint density at radius 3 is 2.76 bits per heavy atom. The third kappa shape index (κ3) is 3.94. The molecule has 174 valence electrons. The summed E-state index contributed by atoms with van der Waals surface area (Å²) >= 11 is 0. The van der Waals surface area contributed by atoms with Crippen LogP contribution in [0.15, 0.2) is 64.0 Å². The molecule has 1 aromatic heterocycles. The third-order valence-electron chi connectivity index (χ3n) is 6.76. The molecule has 1 aliphatic heterocycles. The van der Waals surface area contributed by atoms with Gasteiger partial charge in [0.2, 0.25) is 5.91 Å². The Bertz CT molecular complexity index is 1380. The molecule has 0 bridgehead atoms. The lowest BCUT2D eigenvalue weighted by molar-refractivity contribution is -0.120. The summed E-state index contributed by atoms with van der Waals surface area (Å²) in [7, 11) is 0. The molecule has 2 aliphatic rings. The van der Waals surface area contributed by atoms with Crippen LogP contribution in [0.2, 0.25) is 0 Å². The molecular weight excluding hydrogens is 430 g/mol. The highest BCUT2D eigenvalue weighted by Crippen LogP contribution is 2.48. The number of hydrogen-bond acceptors (Lipinski definition) is 5. The number of ether oxygens (including phenoxy) is 1. The van der Waals surface area contributed by atoms with Crippen molar-refractivity contribution in [3.05, 3.63) is 93.2 Å². The molecule has 1 aliphatic carbocycles. The molecule has 0 saturated carbocycles. The maximum atomic E-state index is 12.7. The molecule has 0 fully saturated rings. The predicted octanol–water partition coefficient (Wildman–Crippen LogP) is 4.29. The molecule has 6 nitrogen and oxygen atoms in total. The smallest absolute Gasteiger partial charge is 0.340 e. The lowest BCUT2D eigenvalue weighted by Gasteiger charge is -2.26. The molecule has 2 heterocycles. The molecule has 3 atom stereocenters. The van der Waals surface area contributed by atoms with Crippen LogP contribution in [0, 0.1) is 12.8 Å². The quantitative estimate of drug-likeness (QED) is 0.577. The number of fused-ring (bicyclic) bond motifs is 4. The molecule has 0 saturated heterocycles. The first kappa shape index (κ1) is 22.2. The van der Waals surface area contributed by atoms with E-state index in [1.807, 2.05) is 38.1 Å². The fourth-order valence-electron chi connectivity index (χ4n) is 4.74. The average molecular weight is 458 g/mol. The highest BCUT2D eigenvalue weighted by molar-refractivity contribution is 5.87. The van der Waals surface area contributed by atoms with E-state index in [9.17, 15) is 14.7 Å². The van der Waals surface area contributed by atoms with Crippen molar-refractivity contribution >= 4 is 28.3 Å². The fourth-order valence-corrected chi connectivity index (χ4v) is 4.74. The molecule has 3 aromatic rings. The van der Waals surface area contributed by atoms with E-state index < -0.39 is 11.7 Å². The second kappa shape index (κ2) is 8.95. The number of aliphatic hydroxyl groups excluding tert-OH is 1. The van der Waals surface area contributed by atoms with E-state index in [4.69, 9.17) is 9.15 Å². The first-order chi connectivity index (χ1) is 16.5. The van der Waals surface area contributed by atoms with Gasteiger partial charge >= 0.3 is 5.63 Å². The molecule has 1 amide bonds. The maximum Gasteiger partial charge on any atom is 0.340 e. The van der Waals surface area contributed by atoms with Crippen molar-refractivity contribution in [1.29, 1.82) is 0 Å². The summed E-state index contributed by atoms with van der Waals surface area (Å²) in [4.78, 5) is 25.1. The average Bonchev–Trinajstić information content (AvgIpc) is 3.28. The number of benzene rings is 2. The summed E-state index contributed by atoms with van der Waals surface area (Å²) in [5.41, 5.74) is 3.46. The van der Waals surface area contributed by atoms with E-state index in [1.54, 1.807) is 6.26 Å². The van der Waals surface area contributed by atoms with E-state index in [1.165, 1.54) is 5.39 Å². The topological polar surface area (TPSA) is 88.8 Å². The third-order valence-corrected chi connectivity index (χ3v) is 6.76. The van der Waals surface area contributed by atoms with Gasteiger partial charge in [0.05, 0.1) is 24.4 Å². The van der Waals surface area contributed by atoms with Crippen molar-refractivity contribution in [2.45, 2.75) is 38.9 Å². The number of rotatable bonds is 6. The Labute approximate surface area is 197 Å². The Balaban J connectivity index is 1.43. The largest absolute Gasteiger partial charge is 0.492 e. The van der Waals surface area contributed by atoms with Crippen LogP contribution in [0.3, 0.4) is 0 Å². The summed E-state index contributed by atoms with van der Waals surface area (Å²) < 4.78 is 11.7. The van der Waals surface area contributed by atoms with Gasteiger partial charge in [-0.25, -0.2) is 4.79 Å². The molecule has 3 unspecified atom stereocenters. The van der Waals surface area contributed by atoms with Gasteiger partial charge in [-0.1, -0.05) is 49.4 Å². The highest BCUT2D eigenvalue weighted by atomic mass is 16.5. The fraction of sp³-hybridized carbons (Fsp3) is 0.286. The monoisotopic (exact) mass is 457 g/mol. The second-order valence-electron chi connectivity index (χ2n) is 8.89. The molecule has 6 heteroatoms. The van der Waals surface area contributed by atoms with Crippen molar-refractivity contribution < 1.29 is 19.1 Å². The standard InChI is InChI=1S/C28H27NO5/c1-3-20(30)14-29-25(31)13-22-16(2)26-24(34-28(22)32)11-10-21-23(15-33-27(21)26)19-9-8-17-6-4-5-7-18(17)12-19/h4-12,15,20-21,27,30H,3,13-14H2,1-2H3,(H,29,31). The van der Waals surface area contributed by atoms with E-state index in [2.05, 4.69) is 35.6 Å². The van der Waals surface area contributed by atoms with Gasteiger partial charge in [-0.2, -0.15) is 0 Å². The van der Waals surface area contributed by atoms with Gasteiger partial charge in [-0.3, -0.25) is 4.79 Å². The van der Waals surface area contributed by atoms with Crippen molar-refractivity contribution in [3.63, 3.8) is 0 Å². The zero-order valence-corrected chi connectivity index (χ0v) is 19.2. The lowest BCUT2D eigenvalue weighted by atomic mass is 9.81. The SMILES string of the molecule is CCC(O)CNC(=O)Cc1c(C)c2c(oc1=O)C=CC1C(c3ccc4ccccc4c3)=COC21. The summed E-state index contributed by atoms with van der Waals surface area (Å²) in [6.07, 6.45) is 5.14. The number of carbonyl (C=O) groups is 1. The molecule has 2 aromatic carbocycles. The van der Waals surface area contributed by atoms with Crippen LogP contribution in [0.5, 0.6) is 0 Å². The van der Waals surface area contributed by atoms with Crippen LogP contribution in [0.25, 0.3) is 22.4 Å². The molecule has 5 rings (SSSR count). The summed E-state index contributed by atoms with van der Waals surface area (Å²) in [6.45, 7) is 3.83. The van der Waals surface area contributed by atoms with E-state index in [-0.39, 0.29) is 30.9 Å². The summed E-state index contributed by atoms with van der Waals surface area (Å²) in [5.74, 6) is 0.122. The minimum Gasteiger partial charge on any atom is -0.492 e. The normalized spacial score (nSPS) is 19.2. The van der Waals surface area contributed by atoms with Gasteiger partial charge in [0.1, 0.15) is 11.9 Å². The van der Waals surface area contributed by atoms with E-state index in [0.717, 1.165) is 22.1 Å². The number of amides is 1. The first-order valence-corrected chi connectivity index (χ1v) is 11.6. The summed E-state index contributed by atoms with van der Waals surface area (Å²) in [5, 5.41) is 14.7. The Hall–Kier alpha value is -3.64. The minimum atomic E-state index is -0.609. The van der Waals surface area contributed by atoms with Gasteiger partial charge in [0.15, 0.2) is 0 Å². The van der Waals surface area contributed by atoms with Crippen LogP contribution in [-0.4, -0.2) is 23.7 Å². The molecule has 0 spiro atoms. The maximum absolute atomic E-state index is 12.7. The van der Waals surface area contributed by atoms with Crippen LogP contribution in [0.1, 0.15) is 47.5 Å². The second-order valence-corrected chi connectivity index (χ2v) is 8.89. The highest BCUT2D eigenvalue weighted by Gasteiger charge is 2.38. The number of aliphatic hydroxyl groups is 1. The molecular formula is C28H27NO5. The zero-order chi connectivity index (χ0) is 23.8. The Morgan fingerprint density at radius 2 is 1.97 bits per heavy atom. The van der Waals surface area contributed by atoms with E-state index in [0.29, 0.717) is 23.3 Å². The van der Waals surface area contributed by atoms with Crippen molar-refractivity contribution in [2.75, 3.05) is 6.54 Å². The van der Waals surface area contributed by atoms with Gasteiger partial charge in [-0.05, 0) is 47.4 Å². The molecule has 2 N–H and O–H groups in total. The van der Waals surface area contributed by atoms with Gasteiger partial charge in [0, 0.05) is 23.6 Å². The van der Waals surface area contributed by atoms with Crippen molar-refractivity contribution in [2.24, 2.45) is 5.92 Å². The summed E-state index contributed by atoms with van der Waals surface area (Å²) in [6, 6.07) is 14.6. The van der Waals surface area contributed by atoms with Crippen LogP contribution in [-0.2, 0) is 16.0 Å². The van der Waals surface area contributed by atoms with Crippen LogP contribution in [0.4, 0.5) is 0 Å². The number of nitrogens with one attached hydrogen (secondary N) is 1. The number of hydrogen-bond donors (Lipinski definition) is 2. The zero-order valence-electron chi connectivity index (χ0n) is 19.2. The first-order valence-electron chi connectivity index (χ1n) is 11.6. The number of carbonyl (C=O) groups excluding carboxylic acids is 1. The van der Waals surface area contributed by atoms with Gasteiger partial charge in [-0.15, -0.1) is 0 Å². The van der Waals surface area contributed by atoms with Crippen LogP contribution < -0.4 is 10.9 Å². The van der Waals surface area contributed by atoms with Crippen LogP contribution >= 0.6 is 0 Å². The lowest BCUT2D eigenvalue weighted by Crippen LogP contribution is -2.34. The predicted molar refractivity (Wildman–Crippen MR) is 131 cm³/mol. The van der Waals surface area contributed by atoms with Gasteiger partial charge in [0.25, 0.3) is 0 Å². The molecule has 0 radical (unpaired) electrons. The van der Waals surface area contributed by atoms with Gasteiger partial charge < -0.3 is 19.6 Å². The molecule has 34 heavy (non-hydrogen) atoms. The van der Waals surface area contributed by atoms with E-state index >= 15 is 0 Å². The minimum absolute atomic E-state index is 0.0264.